The summed E-state index contributed by atoms with van der Waals surface area (Å²) in [5, 5.41) is 14.6. The van der Waals surface area contributed by atoms with Crippen molar-refractivity contribution in [2.24, 2.45) is 0 Å². The Morgan fingerprint density at radius 2 is 2.07 bits per heavy atom. The average Bonchev–Trinajstić information content (AvgIpc) is 3.13. The highest BCUT2D eigenvalue weighted by molar-refractivity contribution is 5.94. The molecule has 3 aromatic rings. The summed E-state index contributed by atoms with van der Waals surface area (Å²) in [5.41, 5.74) is 1.80. The predicted molar refractivity (Wildman–Crippen MR) is 108 cm³/mol. The minimum atomic E-state index is -0.273. The number of amides is 1. The van der Waals surface area contributed by atoms with Gasteiger partial charge in [0.1, 0.15) is 0 Å². The molecular weight excluding hydrogens is 370 g/mol. The first-order chi connectivity index (χ1) is 14.0. The van der Waals surface area contributed by atoms with Crippen LogP contribution in [0.15, 0.2) is 53.6 Å². The van der Waals surface area contributed by atoms with Crippen molar-refractivity contribution in [1.82, 2.24) is 20.1 Å². The van der Waals surface area contributed by atoms with Crippen LogP contribution in [0.4, 0.5) is 0 Å². The Labute approximate surface area is 167 Å². The standard InChI is InChI=1S/C21H21N5O3/c1-3-29-13-14(2)25-20(27)17-8-9-19(23-11-17)26-21(28)18(12-24-26)16-6-4-15(10-22)5-7-16/h4-9,11-12,14,24H,3,13H2,1-2H3,(H,25,27)/t14-/m0/s1. The Kier molecular flexibility index (Phi) is 6.22. The van der Waals surface area contributed by atoms with E-state index in [2.05, 4.69) is 15.4 Å². The van der Waals surface area contributed by atoms with Crippen LogP contribution in [0.1, 0.15) is 29.8 Å². The van der Waals surface area contributed by atoms with Crippen molar-refractivity contribution in [3.63, 3.8) is 0 Å². The quantitative estimate of drug-likeness (QED) is 0.641. The lowest BCUT2D eigenvalue weighted by molar-refractivity contribution is 0.0871. The van der Waals surface area contributed by atoms with Crippen molar-refractivity contribution in [2.75, 3.05) is 13.2 Å². The number of H-pyrrole nitrogens is 1. The Morgan fingerprint density at radius 1 is 1.31 bits per heavy atom. The second kappa shape index (κ2) is 8.99. The van der Waals surface area contributed by atoms with Gasteiger partial charge in [0.2, 0.25) is 0 Å². The molecule has 0 spiro atoms. The van der Waals surface area contributed by atoms with Crippen LogP contribution < -0.4 is 10.9 Å². The highest BCUT2D eigenvalue weighted by Gasteiger charge is 2.13. The molecule has 2 aromatic heterocycles. The fourth-order valence-corrected chi connectivity index (χ4v) is 2.77. The molecule has 8 heteroatoms. The first kappa shape index (κ1) is 20.0. The number of pyridine rings is 1. The first-order valence-corrected chi connectivity index (χ1v) is 9.19. The van der Waals surface area contributed by atoms with E-state index in [1.165, 1.54) is 10.9 Å². The molecule has 1 aromatic carbocycles. The number of benzene rings is 1. The van der Waals surface area contributed by atoms with Gasteiger partial charge in [0.05, 0.1) is 29.4 Å². The molecular formula is C21H21N5O3. The van der Waals surface area contributed by atoms with Crippen molar-refractivity contribution in [1.29, 1.82) is 5.26 Å². The normalized spacial score (nSPS) is 11.6. The van der Waals surface area contributed by atoms with Crippen LogP contribution in [-0.2, 0) is 4.74 Å². The SMILES string of the molecule is CCOC[C@H](C)NC(=O)c1ccc(-n2[nH]cc(-c3ccc(C#N)cc3)c2=O)nc1. The van der Waals surface area contributed by atoms with E-state index in [0.717, 1.165) is 0 Å². The molecule has 8 nitrogen and oxygen atoms in total. The number of nitrogens with one attached hydrogen (secondary N) is 2. The number of carbonyl (C=O) groups is 1. The second-order valence-electron chi connectivity index (χ2n) is 6.46. The lowest BCUT2D eigenvalue weighted by Crippen LogP contribution is -2.36. The second-order valence-corrected chi connectivity index (χ2v) is 6.46. The molecule has 0 aliphatic carbocycles. The largest absolute Gasteiger partial charge is 0.380 e. The molecule has 0 bridgehead atoms. The summed E-state index contributed by atoms with van der Waals surface area (Å²) in [7, 11) is 0. The van der Waals surface area contributed by atoms with Crippen molar-refractivity contribution >= 4 is 5.91 Å². The molecule has 2 N–H and O–H groups in total. The van der Waals surface area contributed by atoms with E-state index < -0.39 is 0 Å². The summed E-state index contributed by atoms with van der Waals surface area (Å²) in [6.45, 7) is 4.78. The molecule has 0 saturated carbocycles. The van der Waals surface area contributed by atoms with Gasteiger partial charge in [-0.05, 0) is 43.7 Å². The molecule has 3 rings (SSSR count). The molecule has 0 fully saturated rings. The molecule has 2 heterocycles. The van der Waals surface area contributed by atoms with Crippen molar-refractivity contribution in [3.05, 3.63) is 70.3 Å². The molecule has 0 radical (unpaired) electrons. The van der Waals surface area contributed by atoms with Crippen LogP contribution in [0.3, 0.4) is 0 Å². The van der Waals surface area contributed by atoms with E-state index in [0.29, 0.717) is 41.3 Å². The van der Waals surface area contributed by atoms with Crippen LogP contribution >= 0.6 is 0 Å². The Bertz CT molecular complexity index is 1080. The number of aromatic nitrogens is 3. The van der Waals surface area contributed by atoms with Crippen LogP contribution in [0.25, 0.3) is 16.9 Å². The van der Waals surface area contributed by atoms with Crippen LogP contribution in [0.5, 0.6) is 0 Å². The van der Waals surface area contributed by atoms with E-state index in [1.54, 1.807) is 42.6 Å². The molecule has 1 atom stereocenters. The third kappa shape index (κ3) is 4.59. The third-order valence-corrected chi connectivity index (χ3v) is 4.29. The molecule has 29 heavy (non-hydrogen) atoms. The smallest absolute Gasteiger partial charge is 0.280 e. The monoisotopic (exact) mass is 391 g/mol. The van der Waals surface area contributed by atoms with Crippen molar-refractivity contribution in [2.45, 2.75) is 19.9 Å². The maximum Gasteiger partial charge on any atom is 0.280 e. The fourth-order valence-electron chi connectivity index (χ4n) is 2.77. The van der Waals surface area contributed by atoms with Gasteiger partial charge < -0.3 is 10.1 Å². The van der Waals surface area contributed by atoms with Gasteiger partial charge in [-0.25, -0.2) is 9.67 Å². The zero-order valence-electron chi connectivity index (χ0n) is 16.2. The first-order valence-electron chi connectivity index (χ1n) is 9.19. The topological polar surface area (TPSA) is 113 Å². The van der Waals surface area contributed by atoms with Gasteiger partial charge in [0.15, 0.2) is 5.82 Å². The maximum atomic E-state index is 12.7. The van der Waals surface area contributed by atoms with E-state index >= 15 is 0 Å². The highest BCUT2D eigenvalue weighted by atomic mass is 16.5. The fraction of sp³-hybridized carbons (Fsp3) is 0.238. The van der Waals surface area contributed by atoms with Crippen molar-refractivity contribution < 1.29 is 9.53 Å². The predicted octanol–water partition coefficient (Wildman–Crippen LogP) is 2.25. The summed E-state index contributed by atoms with van der Waals surface area (Å²) in [4.78, 5) is 29.2. The van der Waals surface area contributed by atoms with E-state index in [1.807, 2.05) is 19.9 Å². The minimum absolute atomic E-state index is 0.122. The number of carbonyl (C=O) groups excluding carboxylic acids is 1. The number of hydrogen-bond donors (Lipinski definition) is 2. The van der Waals surface area contributed by atoms with E-state index in [4.69, 9.17) is 10.00 Å². The van der Waals surface area contributed by atoms with E-state index in [9.17, 15) is 9.59 Å². The van der Waals surface area contributed by atoms with Gasteiger partial charge in [-0.1, -0.05) is 12.1 Å². The summed E-state index contributed by atoms with van der Waals surface area (Å²) in [5.74, 6) is 0.113. The molecule has 148 valence electrons. The zero-order valence-corrected chi connectivity index (χ0v) is 16.2. The number of nitriles is 1. The number of nitrogens with zero attached hydrogens (tertiary/aromatic N) is 3. The van der Waals surface area contributed by atoms with Crippen LogP contribution in [0.2, 0.25) is 0 Å². The summed E-state index contributed by atoms with van der Waals surface area (Å²) in [6, 6.07) is 11.9. The summed E-state index contributed by atoms with van der Waals surface area (Å²) >= 11 is 0. The van der Waals surface area contributed by atoms with Gasteiger partial charge in [-0.3, -0.25) is 14.7 Å². The van der Waals surface area contributed by atoms with Gasteiger partial charge >= 0.3 is 0 Å². The lowest BCUT2D eigenvalue weighted by atomic mass is 10.1. The molecule has 0 unspecified atom stereocenters. The van der Waals surface area contributed by atoms with E-state index in [-0.39, 0.29) is 17.5 Å². The number of ether oxygens (including phenoxy) is 1. The van der Waals surface area contributed by atoms with Crippen LogP contribution in [-0.4, -0.2) is 39.9 Å². The zero-order chi connectivity index (χ0) is 20.8. The number of rotatable bonds is 7. The molecule has 0 saturated heterocycles. The van der Waals surface area contributed by atoms with Gasteiger partial charge in [-0.2, -0.15) is 5.26 Å². The molecule has 1 amide bonds. The summed E-state index contributed by atoms with van der Waals surface area (Å²) in [6.07, 6.45) is 3.01. The van der Waals surface area contributed by atoms with Crippen molar-refractivity contribution in [3.8, 4) is 23.0 Å². The Hall–Kier alpha value is -3.70. The molecule has 0 aliphatic heterocycles. The number of aromatic amines is 1. The van der Waals surface area contributed by atoms with Gasteiger partial charge in [-0.15, -0.1) is 0 Å². The van der Waals surface area contributed by atoms with Gasteiger partial charge in [0.25, 0.3) is 11.5 Å². The lowest BCUT2D eigenvalue weighted by Gasteiger charge is -2.13. The summed E-state index contributed by atoms with van der Waals surface area (Å²) < 4.78 is 6.58. The maximum absolute atomic E-state index is 12.7. The third-order valence-electron chi connectivity index (χ3n) is 4.29. The molecule has 0 aliphatic rings. The highest BCUT2D eigenvalue weighted by Crippen LogP contribution is 2.16. The Balaban J connectivity index is 1.76. The van der Waals surface area contributed by atoms with Gasteiger partial charge in [0, 0.05) is 25.0 Å². The minimum Gasteiger partial charge on any atom is -0.380 e. The van der Waals surface area contributed by atoms with Crippen LogP contribution in [0, 0.1) is 11.3 Å². The Morgan fingerprint density at radius 3 is 2.69 bits per heavy atom. The average molecular weight is 391 g/mol. The number of hydrogen-bond acceptors (Lipinski definition) is 5.